The molecule has 0 aliphatic carbocycles. The Labute approximate surface area is 166 Å². The van der Waals surface area contributed by atoms with Crippen molar-refractivity contribution in [3.63, 3.8) is 0 Å². The van der Waals surface area contributed by atoms with Crippen LogP contribution in [-0.2, 0) is 14.4 Å². The molecular formula is C20H20N4O5. The Morgan fingerprint density at radius 3 is 2.21 bits per heavy atom. The maximum absolute atomic E-state index is 12.7. The number of phenols is 1. The minimum absolute atomic E-state index is 0.0180. The number of β-lactam (4-membered cyclic amide) rings is 1. The highest BCUT2D eigenvalue weighted by atomic mass is 16.4. The smallest absolute Gasteiger partial charge is 0.331 e. The molecule has 1 aliphatic heterocycles. The standard InChI is InChI=1S/C20H20N4O5/c21-17(12-4-2-1-3-5-12)23-15(18(22)26)14-10-24(19(14)27)16(20(28)29)11-6-8-13(25)9-7-11/h1-9,14-16,25H,10H2,(H2,21,23)(H2,22,26)(H,28,29). The number of likely N-dealkylation sites (tertiary alicyclic amines) is 1. The van der Waals surface area contributed by atoms with Crippen LogP contribution in [0.3, 0.4) is 0 Å². The van der Waals surface area contributed by atoms with E-state index in [0.717, 1.165) is 4.90 Å². The number of aromatic hydroxyl groups is 1. The van der Waals surface area contributed by atoms with Gasteiger partial charge in [-0.3, -0.25) is 14.6 Å². The molecule has 1 aliphatic rings. The highest BCUT2D eigenvalue weighted by Crippen LogP contribution is 2.33. The molecule has 1 heterocycles. The summed E-state index contributed by atoms with van der Waals surface area (Å²) in [7, 11) is 0. The Morgan fingerprint density at radius 2 is 1.69 bits per heavy atom. The third-order valence-electron chi connectivity index (χ3n) is 4.77. The highest BCUT2D eigenvalue weighted by molar-refractivity contribution is 6.01. The first-order valence-electron chi connectivity index (χ1n) is 8.80. The number of phenolic OH excluding ortho intramolecular Hbond substituents is 1. The van der Waals surface area contributed by atoms with Crippen molar-refractivity contribution >= 4 is 23.6 Å². The molecule has 2 aromatic rings. The highest BCUT2D eigenvalue weighted by Gasteiger charge is 2.49. The molecule has 2 amide bonds. The van der Waals surface area contributed by atoms with Gasteiger partial charge in [0, 0.05) is 12.1 Å². The first-order chi connectivity index (χ1) is 13.8. The van der Waals surface area contributed by atoms with Gasteiger partial charge in [0.1, 0.15) is 17.6 Å². The lowest BCUT2D eigenvalue weighted by molar-refractivity contribution is -0.164. The maximum atomic E-state index is 12.7. The van der Waals surface area contributed by atoms with Gasteiger partial charge >= 0.3 is 5.97 Å². The van der Waals surface area contributed by atoms with Gasteiger partial charge in [-0.25, -0.2) is 4.79 Å². The van der Waals surface area contributed by atoms with Crippen molar-refractivity contribution in [2.75, 3.05) is 6.54 Å². The molecule has 3 rings (SSSR count). The Balaban J connectivity index is 1.82. The average molecular weight is 396 g/mol. The molecule has 3 atom stereocenters. The predicted molar refractivity (Wildman–Crippen MR) is 104 cm³/mol. The Hall–Kier alpha value is -3.88. The van der Waals surface area contributed by atoms with Gasteiger partial charge in [0.25, 0.3) is 0 Å². The van der Waals surface area contributed by atoms with Crippen molar-refractivity contribution in [1.29, 1.82) is 0 Å². The van der Waals surface area contributed by atoms with E-state index in [1.165, 1.54) is 24.3 Å². The molecule has 1 saturated heterocycles. The number of primary amides is 1. The zero-order valence-corrected chi connectivity index (χ0v) is 15.3. The molecule has 9 nitrogen and oxygen atoms in total. The summed E-state index contributed by atoms with van der Waals surface area (Å²) in [6.45, 7) is -0.0180. The summed E-state index contributed by atoms with van der Waals surface area (Å²) < 4.78 is 0. The number of benzene rings is 2. The lowest BCUT2D eigenvalue weighted by Crippen LogP contribution is -2.61. The molecule has 9 heteroatoms. The van der Waals surface area contributed by atoms with Crippen molar-refractivity contribution in [3.05, 3.63) is 65.7 Å². The lowest BCUT2D eigenvalue weighted by atomic mass is 9.87. The van der Waals surface area contributed by atoms with Gasteiger partial charge in [-0.1, -0.05) is 42.5 Å². The van der Waals surface area contributed by atoms with Crippen molar-refractivity contribution in [2.24, 2.45) is 22.4 Å². The van der Waals surface area contributed by atoms with Gasteiger partial charge in [-0.05, 0) is 17.7 Å². The molecule has 3 unspecified atom stereocenters. The quantitative estimate of drug-likeness (QED) is 0.298. The molecule has 0 bridgehead atoms. The van der Waals surface area contributed by atoms with Crippen LogP contribution < -0.4 is 11.5 Å². The maximum Gasteiger partial charge on any atom is 0.331 e. The number of amidine groups is 1. The normalized spacial score (nSPS) is 18.6. The number of carbonyl (C=O) groups excluding carboxylic acids is 2. The number of aliphatic carboxylic acids is 1. The number of aliphatic imine (C=N–C) groups is 1. The summed E-state index contributed by atoms with van der Waals surface area (Å²) in [5, 5.41) is 19.0. The van der Waals surface area contributed by atoms with Gasteiger partial charge in [0.05, 0.1) is 5.92 Å². The van der Waals surface area contributed by atoms with Crippen LogP contribution in [-0.4, -0.2) is 51.3 Å². The number of nitrogens with two attached hydrogens (primary N) is 2. The van der Waals surface area contributed by atoms with Crippen LogP contribution >= 0.6 is 0 Å². The number of hydrogen-bond acceptors (Lipinski definition) is 5. The van der Waals surface area contributed by atoms with Crippen LogP contribution in [0.1, 0.15) is 17.2 Å². The third-order valence-corrected chi connectivity index (χ3v) is 4.77. The molecular weight excluding hydrogens is 376 g/mol. The number of carbonyl (C=O) groups is 3. The number of rotatable bonds is 7. The summed E-state index contributed by atoms with van der Waals surface area (Å²) in [5.74, 6) is -3.46. The number of carboxylic acids is 1. The minimum atomic E-state index is -1.25. The summed E-state index contributed by atoms with van der Waals surface area (Å²) in [6, 6.07) is 11.8. The summed E-state index contributed by atoms with van der Waals surface area (Å²) in [6.07, 6.45) is 0. The first kappa shape index (κ1) is 19.9. The van der Waals surface area contributed by atoms with Crippen LogP contribution in [0.5, 0.6) is 5.75 Å². The predicted octanol–water partition coefficient (Wildman–Crippen LogP) is 0.236. The van der Waals surface area contributed by atoms with Crippen molar-refractivity contribution < 1.29 is 24.6 Å². The number of amides is 2. The second-order valence-corrected chi connectivity index (χ2v) is 6.66. The van der Waals surface area contributed by atoms with Crippen molar-refractivity contribution in [2.45, 2.75) is 12.1 Å². The van der Waals surface area contributed by atoms with E-state index in [1.807, 2.05) is 0 Å². The summed E-state index contributed by atoms with van der Waals surface area (Å²) >= 11 is 0. The second kappa shape index (κ2) is 8.01. The van der Waals surface area contributed by atoms with Gasteiger partial charge in [0.2, 0.25) is 11.8 Å². The molecule has 0 radical (unpaired) electrons. The molecule has 6 N–H and O–H groups in total. The van der Waals surface area contributed by atoms with E-state index >= 15 is 0 Å². The number of nitrogens with zero attached hydrogens (tertiary/aromatic N) is 2. The fourth-order valence-corrected chi connectivity index (χ4v) is 3.25. The zero-order chi connectivity index (χ0) is 21.1. The van der Waals surface area contributed by atoms with E-state index in [0.29, 0.717) is 11.1 Å². The van der Waals surface area contributed by atoms with E-state index in [9.17, 15) is 24.6 Å². The molecule has 1 fully saturated rings. The van der Waals surface area contributed by atoms with Crippen LogP contribution in [0, 0.1) is 5.92 Å². The van der Waals surface area contributed by atoms with Crippen LogP contribution in [0.15, 0.2) is 59.6 Å². The van der Waals surface area contributed by atoms with Crippen molar-refractivity contribution in [1.82, 2.24) is 4.90 Å². The largest absolute Gasteiger partial charge is 0.508 e. The SMILES string of the molecule is NC(=O)C(N=C(N)c1ccccc1)C1CN(C(C(=O)O)c2ccc(O)cc2)C1=O. The summed E-state index contributed by atoms with van der Waals surface area (Å²) in [4.78, 5) is 41.6. The number of hydrogen-bond donors (Lipinski definition) is 4. The molecule has 150 valence electrons. The fourth-order valence-electron chi connectivity index (χ4n) is 3.25. The third kappa shape index (κ3) is 4.03. The van der Waals surface area contributed by atoms with E-state index in [1.54, 1.807) is 30.3 Å². The second-order valence-electron chi connectivity index (χ2n) is 6.66. The monoisotopic (exact) mass is 396 g/mol. The van der Waals surface area contributed by atoms with Crippen LogP contribution in [0.2, 0.25) is 0 Å². The van der Waals surface area contributed by atoms with Gasteiger partial charge in [0.15, 0.2) is 6.04 Å². The van der Waals surface area contributed by atoms with Crippen molar-refractivity contribution in [3.8, 4) is 5.75 Å². The summed E-state index contributed by atoms with van der Waals surface area (Å²) in [5.41, 5.74) is 12.3. The minimum Gasteiger partial charge on any atom is -0.508 e. The Bertz CT molecular complexity index is 959. The van der Waals surface area contributed by atoms with E-state index in [-0.39, 0.29) is 18.1 Å². The van der Waals surface area contributed by atoms with Gasteiger partial charge in [-0.15, -0.1) is 0 Å². The van der Waals surface area contributed by atoms with E-state index in [4.69, 9.17) is 11.5 Å². The van der Waals surface area contributed by atoms with E-state index in [2.05, 4.69) is 4.99 Å². The zero-order valence-electron chi connectivity index (χ0n) is 15.3. The molecule has 0 spiro atoms. The Kier molecular flexibility index (Phi) is 5.49. The number of carboxylic acid groups (broad SMARTS) is 1. The first-order valence-corrected chi connectivity index (χ1v) is 8.80. The van der Waals surface area contributed by atoms with Crippen LogP contribution in [0.25, 0.3) is 0 Å². The molecule has 29 heavy (non-hydrogen) atoms. The van der Waals surface area contributed by atoms with Crippen LogP contribution in [0.4, 0.5) is 0 Å². The molecule has 0 aromatic heterocycles. The van der Waals surface area contributed by atoms with Gasteiger partial charge < -0.3 is 26.6 Å². The Morgan fingerprint density at radius 1 is 1.07 bits per heavy atom. The topological polar surface area (TPSA) is 159 Å². The van der Waals surface area contributed by atoms with Gasteiger partial charge in [-0.2, -0.15) is 0 Å². The lowest BCUT2D eigenvalue weighted by Gasteiger charge is -2.43. The molecule has 0 saturated carbocycles. The molecule has 2 aromatic carbocycles. The average Bonchev–Trinajstić information content (AvgIpc) is 2.70. The van der Waals surface area contributed by atoms with E-state index < -0.39 is 35.8 Å². The fraction of sp³-hybridized carbons (Fsp3) is 0.200.